The van der Waals surface area contributed by atoms with Gasteiger partial charge >= 0.3 is 0 Å². The Morgan fingerprint density at radius 1 is 1.33 bits per heavy atom. The quantitative estimate of drug-likeness (QED) is 0.749. The number of hydrogen-bond donors (Lipinski definition) is 1. The molecule has 2 fully saturated rings. The first-order valence-corrected chi connectivity index (χ1v) is 6.22. The Morgan fingerprint density at radius 3 is 2.47 bits per heavy atom. The van der Waals surface area contributed by atoms with Gasteiger partial charge in [0.15, 0.2) is 0 Å². The Kier molecular flexibility index (Phi) is 3.33. The average Bonchev–Trinajstić information content (AvgIpc) is 2.59. The van der Waals surface area contributed by atoms with Gasteiger partial charge in [-0.1, -0.05) is 6.92 Å². The maximum atomic E-state index is 5.85. The number of likely N-dealkylation sites (tertiary alicyclic amines) is 1. The highest BCUT2D eigenvalue weighted by Crippen LogP contribution is 2.26. The Bertz CT molecular complexity index is 210. The van der Waals surface area contributed by atoms with Crippen LogP contribution in [0.15, 0.2) is 0 Å². The Morgan fingerprint density at radius 2 is 2.00 bits per heavy atom. The molecular formula is C12H24N2O. The molecule has 0 amide bonds. The molecule has 0 bridgehead atoms. The second-order valence-corrected chi connectivity index (χ2v) is 5.53. The highest BCUT2D eigenvalue weighted by atomic mass is 16.5. The van der Waals surface area contributed by atoms with Crippen molar-refractivity contribution in [2.24, 2.45) is 5.92 Å². The summed E-state index contributed by atoms with van der Waals surface area (Å²) in [5, 5.41) is 3.59. The molecule has 0 spiro atoms. The van der Waals surface area contributed by atoms with Gasteiger partial charge in [0.1, 0.15) is 6.23 Å². The first-order valence-electron chi connectivity index (χ1n) is 6.22. The SMILES string of the molecule is CCN1CCC(C2NC(C)(C)CO2)CC1. The molecule has 0 aromatic carbocycles. The van der Waals surface area contributed by atoms with Crippen LogP contribution < -0.4 is 5.32 Å². The summed E-state index contributed by atoms with van der Waals surface area (Å²) in [5.41, 5.74) is 0.173. The van der Waals surface area contributed by atoms with Crippen LogP contribution >= 0.6 is 0 Å². The third kappa shape index (κ3) is 2.71. The second-order valence-electron chi connectivity index (χ2n) is 5.53. The molecule has 1 unspecified atom stereocenters. The number of nitrogens with one attached hydrogen (secondary N) is 1. The third-order valence-corrected chi connectivity index (χ3v) is 3.66. The van der Waals surface area contributed by atoms with Gasteiger partial charge in [0.25, 0.3) is 0 Å². The average molecular weight is 212 g/mol. The van der Waals surface area contributed by atoms with E-state index < -0.39 is 0 Å². The van der Waals surface area contributed by atoms with Gasteiger partial charge in [-0.25, -0.2) is 0 Å². The zero-order valence-electron chi connectivity index (χ0n) is 10.3. The molecule has 1 N–H and O–H groups in total. The summed E-state index contributed by atoms with van der Waals surface area (Å²) in [7, 11) is 0. The molecule has 2 saturated heterocycles. The fourth-order valence-electron chi connectivity index (χ4n) is 2.59. The monoisotopic (exact) mass is 212 g/mol. The molecule has 0 aliphatic carbocycles. The molecule has 15 heavy (non-hydrogen) atoms. The van der Waals surface area contributed by atoms with Crippen molar-refractivity contribution in [3.63, 3.8) is 0 Å². The first kappa shape index (κ1) is 11.4. The Labute approximate surface area is 93.2 Å². The minimum atomic E-state index is 0.173. The lowest BCUT2D eigenvalue weighted by Gasteiger charge is -2.34. The van der Waals surface area contributed by atoms with Crippen molar-refractivity contribution >= 4 is 0 Å². The van der Waals surface area contributed by atoms with E-state index in [2.05, 4.69) is 31.0 Å². The third-order valence-electron chi connectivity index (χ3n) is 3.66. The second kappa shape index (κ2) is 4.40. The standard InChI is InChI=1S/C12H24N2O/c1-4-14-7-5-10(6-8-14)11-13-12(2,3)9-15-11/h10-11,13H,4-9H2,1-3H3. The summed E-state index contributed by atoms with van der Waals surface area (Å²) < 4.78 is 5.85. The maximum absolute atomic E-state index is 5.85. The van der Waals surface area contributed by atoms with Crippen molar-refractivity contribution in [1.29, 1.82) is 0 Å². The molecule has 3 heteroatoms. The lowest BCUT2D eigenvalue weighted by molar-refractivity contribution is 0.0225. The summed E-state index contributed by atoms with van der Waals surface area (Å²) in [4.78, 5) is 2.52. The minimum Gasteiger partial charge on any atom is -0.361 e. The van der Waals surface area contributed by atoms with E-state index in [0.717, 1.165) is 12.5 Å². The fourth-order valence-corrected chi connectivity index (χ4v) is 2.59. The van der Waals surface area contributed by atoms with Gasteiger partial charge < -0.3 is 9.64 Å². The van der Waals surface area contributed by atoms with Crippen LogP contribution in [0.5, 0.6) is 0 Å². The molecule has 0 saturated carbocycles. The predicted octanol–water partition coefficient (Wildman–Crippen LogP) is 1.44. The molecule has 0 aromatic heterocycles. The van der Waals surface area contributed by atoms with Crippen LogP contribution in [0.3, 0.4) is 0 Å². The van der Waals surface area contributed by atoms with Crippen LogP contribution in [-0.4, -0.2) is 42.9 Å². The molecule has 3 nitrogen and oxygen atoms in total. The Hall–Kier alpha value is -0.120. The van der Waals surface area contributed by atoms with Crippen LogP contribution in [-0.2, 0) is 4.74 Å². The smallest absolute Gasteiger partial charge is 0.111 e. The van der Waals surface area contributed by atoms with Gasteiger partial charge in [-0.15, -0.1) is 0 Å². The first-order chi connectivity index (χ1) is 7.11. The van der Waals surface area contributed by atoms with Crippen LogP contribution in [0.4, 0.5) is 0 Å². The highest BCUT2D eigenvalue weighted by Gasteiger charge is 2.36. The normalized spacial score (nSPS) is 33.4. The van der Waals surface area contributed by atoms with Crippen LogP contribution in [0.25, 0.3) is 0 Å². The van der Waals surface area contributed by atoms with Gasteiger partial charge in [-0.05, 0) is 46.3 Å². The van der Waals surface area contributed by atoms with E-state index >= 15 is 0 Å². The van der Waals surface area contributed by atoms with Gasteiger partial charge in [0, 0.05) is 11.5 Å². The van der Waals surface area contributed by atoms with Gasteiger partial charge in [-0.3, -0.25) is 5.32 Å². The summed E-state index contributed by atoms with van der Waals surface area (Å²) in [6, 6.07) is 0. The van der Waals surface area contributed by atoms with E-state index in [-0.39, 0.29) is 5.54 Å². The van der Waals surface area contributed by atoms with Crippen molar-refractivity contribution in [2.75, 3.05) is 26.2 Å². The van der Waals surface area contributed by atoms with Crippen LogP contribution in [0.1, 0.15) is 33.6 Å². The molecule has 88 valence electrons. The zero-order chi connectivity index (χ0) is 10.9. The van der Waals surface area contributed by atoms with Crippen molar-refractivity contribution in [2.45, 2.75) is 45.4 Å². The summed E-state index contributed by atoms with van der Waals surface area (Å²) >= 11 is 0. The van der Waals surface area contributed by atoms with E-state index in [4.69, 9.17) is 4.74 Å². The van der Waals surface area contributed by atoms with Crippen molar-refractivity contribution < 1.29 is 4.74 Å². The van der Waals surface area contributed by atoms with Crippen molar-refractivity contribution in [1.82, 2.24) is 10.2 Å². The van der Waals surface area contributed by atoms with E-state index in [0.29, 0.717) is 6.23 Å². The fraction of sp³-hybridized carbons (Fsp3) is 1.00. The van der Waals surface area contributed by atoms with Crippen LogP contribution in [0.2, 0.25) is 0 Å². The number of ether oxygens (including phenoxy) is 1. The molecule has 0 radical (unpaired) electrons. The number of nitrogens with zero attached hydrogens (tertiary/aromatic N) is 1. The number of hydrogen-bond acceptors (Lipinski definition) is 3. The van der Waals surface area contributed by atoms with Crippen molar-refractivity contribution in [3.8, 4) is 0 Å². The zero-order valence-corrected chi connectivity index (χ0v) is 10.3. The van der Waals surface area contributed by atoms with Gasteiger partial charge in [0.05, 0.1) is 6.61 Å². The predicted molar refractivity (Wildman–Crippen MR) is 61.8 cm³/mol. The molecular weight excluding hydrogens is 188 g/mol. The molecule has 1 atom stereocenters. The number of rotatable bonds is 2. The molecule has 2 aliphatic heterocycles. The maximum Gasteiger partial charge on any atom is 0.111 e. The van der Waals surface area contributed by atoms with E-state index in [1.165, 1.54) is 32.5 Å². The largest absolute Gasteiger partial charge is 0.361 e. The molecule has 2 heterocycles. The number of piperidine rings is 1. The van der Waals surface area contributed by atoms with E-state index in [9.17, 15) is 0 Å². The van der Waals surface area contributed by atoms with Crippen molar-refractivity contribution in [3.05, 3.63) is 0 Å². The lowest BCUT2D eigenvalue weighted by atomic mass is 9.94. The summed E-state index contributed by atoms with van der Waals surface area (Å²) in [6.45, 7) is 11.2. The molecule has 2 aliphatic rings. The van der Waals surface area contributed by atoms with Crippen LogP contribution in [0, 0.1) is 5.92 Å². The summed E-state index contributed by atoms with van der Waals surface area (Å²) in [5.74, 6) is 0.717. The topological polar surface area (TPSA) is 24.5 Å². The Balaban J connectivity index is 1.81. The lowest BCUT2D eigenvalue weighted by Crippen LogP contribution is -2.45. The molecule has 2 rings (SSSR count). The van der Waals surface area contributed by atoms with Gasteiger partial charge in [0.2, 0.25) is 0 Å². The van der Waals surface area contributed by atoms with E-state index in [1.54, 1.807) is 0 Å². The van der Waals surface area contributed by atoms with E-state index in [1.807, 2.05) is 0 Å². The highest BCUT2D eigenvalue weighted by molar-refractivity contribution is 4.89. The summed E-state index contributed by atoms with van der Waals surface area (Å²) in [6.07, 6.45) is 2.86. The molecule has 0 aromatic rings. The minimum absolute atomic E-state index is 0.173. The van der Waals surface area contributed by atoms with Gasteiger partial charge in [-0.2, -0.15) is 0 Å².